The number of ether oxygens (including phenoxy) is 3. The van der Waals surface area contributed by atoms with E-state index in [1.54, 1.807) is 0 Å². The monoisotopic (exact) mass is 346 g/mol. The summed E-state index contributed by atoms with van der Waals surface area (Å²) >= 11 is 0. The molecular formula is C20H26O5. The van der Waals surface area contributed by atoms with Crippen molar-refractivity contribution in [3.8, 4) is 0 Å². The van der Waals surface area contributed by atoms with Gasteiger partial charge in [0.15, 0.2) is 6.10 Å². The Morgan fingerprint density at radius 1 is 1.36 bits per heavy atom. The van der Waals surface area contributed by atoms with Gasteiger partial charge in [-0.3, -0.25) is 4.79 Å². The van der Waals surface area contributed by atoms with Crippen LogP contribution in [0.2, 0.25) is 0 Å². The minimum absolute atomic E-state index is 0.0200. The van der Waals surface area contributed by atoms with Gasteiger partial charge in [-0.1, -0.05) is 26.0 Å². The Morgan fingerprint density at radius 3 is 2.76 bits per heavy atom. The van der Waals surface area contributed by atoms with Gasteiger partial charge in [0.2, 0.25) is 0 Å². The van der Waals surface area contributed by atoms with Gasteiger partial charge in [-0.05, 0) is 32.3 Å². The second-order valence-electron chi connectivity index (χ2n) is 8.55. The quantitative estimate of drug-likeness (QED) is 0.333. The van der Waals surface area contributed by atoms with Gasteiger partial charge >= 0.3 is 11.9 Å². The van der Waals surface area contributed by atoms with Crippen LogP contribution in [-0.4, -0.2) is 36.4 Å². The van der Waals surface area contributed by atoms with Crippen molar-refractivity contribution in [1.82, 2.24) is 0 Å². The van der Waals surface area contributed by atoms with E-state index in [-0.39, 0.29) is 53.4 Å². The first kappa shape index (κ1) is 16.8. The molecule has 0 amide bonds. The number of epoxide rings is 1. The lowest BCUT2D eigenvalue weighted by Crippen LogP contribution is -2.54. The first-order chi connectivity index (χ1) is 11.7. The molecule has 2 aliphatic heterocycles. The maximum Gasteiger partial charge on any atom is 0.331 e. The zero-order valence-corrected chi connectivity index (χ0v) is 15.3. The van der Waals surface area contributed by atoms with Crippen molar-refractivity contribution >= 4 is 11.9 Å². The molecule has 2 saturated carbocycles. The molecule has 0 aromatic carbocycles. The summed E-state index contributed by atoms with van der Waals surface area (Å²) in [5, 5.41) is 0. The summed E-state index contributed by atoms with van der Waals surface area (Å²) in [6.45, 7) is 12.1. The van der Waals surface area contributed by atoms with E-state index in [9.17, 15) is 9.59 Å². The molecule has 0 spiro atoms. The standard InChI is InChI=1S/C20H26O5/c1-9(2)8-13(21)23-15-11(4)14-16-12(10(3)19(22)25-16)6-7-20(14,5)18-17(15)24-18/h8,10,12,14-18H,4,6-7H2,1-3,5H3/t10-,12-,14-,15+,16+,17+,18+,20-/m0/s1. The van der Waals surface area contributed by atoms with E-state index in [0.29, 0.717) is 0 Å². The van der Waals surface area contributed by atoms with Gasteiger partial charge in [0.1, 0.15) is 12.2 Å². The lowest BCUT2D eigenvalue weighted by Gasteiger charge is -2.50. The van der Waals surface area contributed by atoms with Gasteiger partial charge in [-0.2, -0.15) is 0 Å². The first-order valence-corrected chi connectivity index (χ1v) is 9.14. The van der Waals surface area contributed by atoms with Crippen molar-refractivity contribution in [3.05, 3.63) is 23.8 Å². The van der Waals surface area contributed by atoms with Gasteiger partial charge in [0.25, 0.3) is 0 Å². The third kappa shape index (κ3) is 2.39. The number of rotatable bonds is 2. The van der Waals surface area contributed by atoms with E-state index >= 15 is 0 Å². The molecule has 136 valence electrons. The number of allylic oxidation sites excluding steroid dienone is 1. The highest BCUT2D eigenvalue weighted by Crippen LogP contribution is 2.63. The summed E-state index contributed by atoms with van der Waals surface area (Å²) in [6, 6.07) is 0. The molecule has 0 aromatic heterocycles. The van der Waals surface area contributed by atoms with Crippen LogP contribution in [0.1, 0.15) is 40.5 Å². The van der Waals surface area contributed by atoms with Crippen LogP contribution in [0.4, 0.5) is 0 Å². The molecule has 5 heteroatoms. The lowest BCUT2D eigenvalue weighted by molar-refractivity contribution is -0.151. The van der Waals surface area contributed by atoms with E-state index in [0.717, 1.165) is 24.0 Å². The Hall–Kier alpha value is -1.62. The molecule has 0 N–H and O–H groups in total. The van der Waals surface area contributed by atoms with Crippen LogP contribution in [0.5, 0.6) is 0 Å². The van der Waals surface area contributed by atoms with E-state index in [2.05, 4.69) is 13.5 Å². The molecule has 2 aliphatic carbocycles. The second kappa shape index (κ2) is 5.44. The largest absolute Gasteiger partial charge is 0.461 e. The Balaban J connectivity index is 1.62. The molecule has 25 heavy (non-hydrogen) atoms. The molecule has 2 saturated heterocycles. The van der Waals surface area contributed by atoms with Gasteiger partial charge in [-0.25, -0.2) is 4.79 Å². The Morgan fingerprint density at radius 2 is 2.08 bits per heavy atom. The molecule has 4 aliphatic rings. The maximum atomic E-state index is 12.1. The fraction of sp³-hybridized carbons (Fsp3) is 0.700. The highest BCUT2D eigenvalue weighted by Gasteiger charge is 2.70. The molecule has 0 unspecified atom stereocenters. The van der Waals surface area contributed by atoms with Crippen LogP contribution in [0.25, 0.3) is 0 Å². The minimum atomic E-state index is -0.459. The molecule has 5 nitrogen and oxygen atoms in total. The highest BCUT2D eigenvalue weighted by molar-refractivity contribution is 5.83. The summed E-state index contributed by atoms with van der Waals surface area (Å²) in [7, 11) is 0. The molecule has 4 rings (SSSR count). The van der Waals surface area contributed by atoms with Gasteiger partial charge in [-0.15, -0.1) is 0 Å². The van der Waals surface area contributed by atoms with Crippen molar-refractivity contribution in [2.75, 3.05) is 0 Å². The van der Waals surface area contributed by atoms with Crippen molar-refractivity contribution in [3.63, 3.8) is 0 Å². The lowest BCUT2D eigenvalue weighted by atomic mass is 9.54. The summed E-state index contributed by atoms with van der Waals surface area (Å²) < 4.78 is 17.4. The molecule has 0 aromatic rings. The van der Waals surface area contributed by atoms with Gasteiger partial charge in [0, 0.05) is 23.3 Å². The number of carbonyl (C=O) groups is 2. The first-order valence-electron chi connectivity index (χ1n) is 9.14. The predicted octanol–water partition coefficient (Wildman–Crippen LogP) is 2.80. The number of fused-ring (bicyclic) bond motifs is 5. The van der Waals surface area contributed by atoms with Crippen molar-refractivity contribution < 1.29 is 23.8 Å². The second-order valence-corrected chi connectivity index (χ2v) is 8.55. The van der Waals surface area contributed by atoms with Crippen LogP contribution in [0.3, 0.4) is 0 Å². The Bertz CT molecular complexity index is 676. The molecule has 0 radical (unpaired) electrons. The van der Waals surface area contributed by atoms with E-state index < -0.39 is 6.10 Å². The number of carbonyl (C=O) groups excluding carboxylic acids is 2. The Kier molecular flexibility index (Phi) is 3.66. The smallest absolute Gasteiger partial charge is 0.331 e. The zero-order chi connectivity index (χ0) is 18.1. The summed E-state index contributed by atoms with van der Waals surface area (Å²) in [6.07, 6.45) is 2.72. The number of hydrogen-bond donors (Lipinski definition) is 0. The van der Waals surface area contributed by atoms with E-state index in [1.165, 1.54) is 6.08 Å². The third-order valence-corrected chi connectivity index (χ3v) is 6.63. The highest BCUT2D eigenvalue weighted by atomic mass is 16.6. The maximum absolute atomic E-state index is 12.1. The number of hydrogen-bond acceptors (Lipinski definition) is 5. The average Bonchev–Trinajstić information content (AvgIpc) is 3.26. The fourth-order valence-electron chi connectivity index (χ4n) is 5.29. The average molecular weight is 346 g/mol. The fourth-order valence-corrected chi connectivity index (χ4v) is 5.29. The summed E-state index contributed by atoms with van der Waals surface area (Å²) in [5.74, 6) is -0.371. The van der Waals surface area contributed by atoms with Crippen LogP contribution in [0.15, 0.2) is 23.8 Å². The van der Waals surface area contributed by atoms with Gasteiger partial charge in [0.05, 0.1) is 12.0 Å². The van der Waals surface area contributed by atoms with Crippen molar-refractivity contribution in [2.24, 2.45) is 23.2 Å². The van der Waals surface area contributed by atoms with Gasteiger partial charge < -0.3 is 14.2 Å². The summed E-state index contributed by atoms with van der Waals surface area (Å²) in [4.78, 5) is 24.2. The molecule has 2 heterocycles. The zero-order valence-electron chi connectivity index (χ0n) is 15.3. The molecule has 8 atom stereocenters. The number of esters is 2. The minimum Gasteiger partial charge on any atom is -0.461 e. The van der Waals surface area contributed by atoms with Crippen LogP contribution < -0.4 is 0 Å². The van der Waals surface area contributed by atoms with Crippen LogP contribution in [-0.2, 0) is 23.8 Å². The third-order valence-electron chi connectivity index (χ3n) is 6.63. The van der Waals surface area contributed by atoms with Crippen molar-refractivity contribution in [2.45, 2.75) is 65.0 Å². The Labute approximate surface area is 148 Å². The van der Waals surface area contributed by atoms with Crippen molar-refractivity contribution in [1.29, 1.82) is 0 Å². The topological polar surface area (TPSA) is 65.1 Å². The van der Waals surface area contributed by atoms with E-state index in [4.69, 9.17) is 14.2 Å². The SMILES string of the molecule is C=C1[C@@H](OC(=O)C=C(C)C)[C@H]2O[C@H]2[C@@]2(C)CC[C@@H]3[C@@H](OC(=O)[C@H]3C)[C@H]12. The van der Waals surface area contributed by atoms with E-state index in [1.807, 2.05) is 20.8 Å². The normalized spacial score (nSPS) is 47.1. The van der Waals surface area contributed by atoms with Crippen LogP contribution >= 0.6 is 0 Å². The molecule has 4 fully saturated rings. The van der Waals surface area contributed by atoms with Crippen LogP contribution in [0, 0.1) is 23.2 Å². The molecular weight excluding hydrogens is 320 g/mol. The predicted molar refractivity (Wildman–Crippen MR) is 90.5 cm³/mol. The molecule has 0 bridgehead atoms. The summed E-state index contributed by atoms with van der Waals surface area (Å²) in [5.41, 5.74) is 1.63.